The van der Waals surface area contributed by atoms with Crippen molar-refractivity contribution in [3.8, 4) is 17.2 Å². The Hall–Kier alpha value is -2.83. The fourth-order valence-corrected chi connectivity index (χ4v) is 2.09. The van der Waals surface area contributed by atoms with Crippen LogP contribution in [0.25, 0.3) is 0 Å². The summed E-state index contributed by atoms with van der Waals surface area (Å²) in [6.45, 7) is -2.72. The Morgan fingerprint density at radius 2 is 1.88 bits per heavy atom. The lowest BCUT2D eigenvalue weighted by molar-refractivity contribution is -0.0498. The first-order valence-electron chi connectivity index (χ1n) is 7.07. The Morgan fingerprint density at radius 3 is 2.54 bits per heavy atom. The molecule has 0 unspecified atom stereocenters. The highest BCUT2D eigenvalue weighted by atomic mass is 19.3. The minimum Gasteiger partial charge on any atom is -0.497 e. The van der Waals surface area contributed by atoms with Gasteiger partial charge in [-0.25, -0.2) is 0 Å². The van der Waals surface area contributed by atoms with Gasteiger partial charge in [-0.1, -0.05) is 6.07 Å². The molecule has 1 N–H and O–H groups in total. The molecule has 0 aliphatic heterocycles. The van der Waals surface area contributed by atoms with Crippen molar-refractivity contribution in [1.82, 2.24) is 5.32 Å². The Kier molecular flexibility index (Phi) is 5.95. The second-order valence-electron chi connectivity index (χ2n) is 4.77. The molecule has 0 aromatic heterocycles. The first-order chi connectivity index (χ1) is 11.5. The summed E-state index contributed by atoms with van der Waals surface area (Å²) in [5.74, 6) is 0.732. The lowest BCUT2D eigenvalue weighted by atomic mass is 10.1. The summed E-state index contributed by atoms with van der Waals surface area (Å²) in [5, 5.41) is 2.71. The van der Waals surface area contributed by atoms with Crippen molar-refractivity contribution in [3.05, 3.63) is 53.6 Å². The third-order valence-electron chi connectivity index (χ3n) is 3.26. The number of ether oxygens (including phenoxy) is 3. The average molecular weight is 337 g/mol. The van der Waals surface area contributed by atoms with Crippen LogP contribution in [0.4, 0.5) is 8.78 Å². The van der Waals surface area contributed by atoms with Crippen LogP contribution in [0, 0.1) is 0 Å². The van der Waals surface area contributed by atoms with Gasteiger partial charge >= 0.3 is 6.61 Å². The van der Waals surface area contributed by atoms with Crippen LogP contribution < -0.4 is 19.5 Å². The largest absolute Gasteiger partial charge is 0.497 e. The van der Waals surface area contributed by atoms with E-state index in [1.165, 1.54) is 31.4 Å². The van der Waals surface area contributed by atoms with Gasteiger partial charge in [0.15, 0.2) is 0 Å². The van der Waals surface area contributed by atoms with Crippen molar-refractivity contribution >= 4 is 5.91 Å². The van der Waals surface area contributed by atoms with Gasteiger partial charge in [-0.15, -0.1) is 0 Å². The van der Waals surface area contributed by atoms with E-state index in [9.17, 15) is 13.6 Å². The molecule has 0 saturated heterocycles. The summed E-state index contributed by atoms with van der Waals surface area (Å²) < 4.78 is 39.1. The predicted molar refractivity (Wildman–Crippen MR) is 83.8 cm³/mol. The Morgan fingerprint density at radius 1 is 1.08 bits per heavy atom. The normalized spacial score (nSPS) is 10.4. The monoisotopic (exact) mass is 337 g/mol. The van der Waals surface area contributed by atoms with Crippen molar-refractivity contribution in [2.45, 2.75) is 13.2 Å². The van der Waals surface area contributed by atoms with E-state index < -0.39 is 12.5 Å². The Bertz CT molecular complexity index is 707. The number of halogens is 2. The summed E-state index contributed by atoms with van der Waals surface area (Å²) in [6.07, 6.45) is 0. The number of carbonyl (C=O) groups excluding carboxylic acids is 1. The first kappa shape index (κ1) is 17.5. The number of hydrogen-bond donors (Lipinski definition) is 1. The molecular formula is C17H17F2NO4. The Labute approximate surface area is 138 Å². The number of methoxy groups -OCH3 is 2. The highest BCUT2D eigenvalue weighted by Crippen LogP contribution is 2.24. The molecule has 0 aliphatic carbocycles. The number of nitrogens with one attached hydrogen (secondary N) is 1. The van der Waals surface area contributed by atoms with E-state index in [2.05, 4.69) is 10.1 Å². The molecule has 0 bridgehead atoms. The Balaban J connectivity index is 2.05. The molecule has 0 radical (unpaired) electrons. The molecule has 0 fully saturated rings. The highest BCUT2D eigenvalue weighted by molar-refractivity contribution is 5.94. The first-order valence-corrected chi connectivity index (χ1v) is 7.07. The lowest BCUT2D eigenvalue weighted by Gasteiger charge is -2.12. The van der Waals surface area contributed by atoms with Crippen molar-refractivity contribution in [1.29, 1.82) is 0 Å². The molecular weight excluding hydrogens is 320 g/mol. The zero-order chi connectivity index (χ0) is 17.5. The van der Waals surface area contributed by atoms with Crippen LogP contribution in [-0.2, 0) is 6.54 Å². The SMILES string of the molecule is COc1ccc(CNC(=O)c2cccc(OC(F)F)c2)c(OC)c1. The van der Waals surface area contributed by atoms with Crippen molar-refractivity contribution in [3.63, 3.8) is 0 Å². The molecule has 128 valence electrons. The highest BCUT2D eigenvalue weighted by Gasteiger charge is 2.11. The van der Waals surface area contributed by atoms with Crippen molar-refractivity contribution < 1.29 is 27.8 Å². The van der Waals surface area contributed by atoms with E-state index in [-0.39, 0.29) is 17.9 Å². The number of hydrogen-bond acceptors (Lipinski definition) is 4. The summed E-state index contributed by atoms with van der Waals surface area (Å²) in [4.78, 5) is 12.2. The molecule has 1 amide bonds. The van der Waals surface area contributed by atoms with E-state index in [1.807, 2.05) is 0 Å². The van der Waals surface area contributed by atoms with Gasteiger partial charge in [-0.2, -0.15) is 8.78 Å². The van der Waals surface area contributed by atoms with Gasteiger partial charge in [0.1, 0.15) is 17.2 Å². The van der Waals surface area contributed by atoms with Crippen LogP contribution in [0.15, 0.2) is 42.5 Å². The predicted octanol–water partition coefficient (Wildman–Crippen LogP) is 3.24. The number of rotatable bonds is 7. The molecule has 2 rings (SSSR count). The molecule has 0 heterocycles. The topological polar surface area (TPSA) is 56.8 Å². The van der Waals surface area contributed by atoms with Crippen LogP contribution in [0.1, 0.15) is 15.9 Å². The van der Waals surface area contributed by atoms with Crippen LogP contribution >= 0.6 is 0 Å². The number of carbonyl (C=O) groups is 1. The molecule has 5 nitrogen and oxygen atoms in total. The van der Waals surface area contributed by atoms with Gasteiger partial charge in [-0.05, 0) is 30.3 Å². The summed E-state index contributed by atoms with van der Waals surface area (Å²) in [6, 6.07) is 10.8. The molecule has 0 aliphatic rings. The minimum atomic E-state index is -2.94. The van der Waals surface area contributed by atoms with E-state index in [0.29, 0.717) is 11.5 Å². The maximum Gasteiger partial charge on any atom is 0.387 e. The van der Waals surface area contributed by atoms with E-state index in [0.717, 1.165) is 5.56 Å². The van der Waals surface area contributed by atoms with Gasteiger partial charge in [0.05, 0.1) is 14.2 Å². The third kappa shape index (κ3) is 4.58. The second kappa shape index (κ2) is 8.14. The maximum absolute atomic E-state index is 12.2. The van der Waals surface area contributed by atoms with Gasteiger partial charge < -0.3 is 19.5 Å². The van der Waals surface area contributed by atoms with Crippen LogP contribution in [0.2, 0.25) is 0 Å². The smallest absolute Gasteiger partial charge is 0.387 e. The van der Waals surface area contributed by atoms with E-state index in [1.54, 1.807) is 25.3 Å². The van der Waals surface area contributed by atoms with E-state index >= 15 is 0 Å². The molecule has 0 saturated carbocycles. The van der Waals surface area contributed by atoms with Gasteiger partial charge in [-0.3, -0.25) is 4.79 Å². The van der Waals surface area contributed by atoms with Gasteiger partial charge in [0.2, 0.25) is 0 Å². The zero-order valence-electron chi connectivity index (χ0n) is 13.2. The molecule has 2 aromatic carbocycles. The minimum absolute atomic E-state index is 0.0697. The molecule has 0 spiro atoms. The summed E-state index contributed by atoms with van der Waals surface area (Å²) >= 11 is 0. The third-order valence-corrected chi connectivity index (χ3v) is 3.26. The lowest BCUT2D eigenvalue weighted by Crippen LogP contribution is -2.23. The zero-order valence-corrected chi connectivity index (χ0v) is 13.2. The summed E-state index contributed by atoms with van der Waals surface area (Å²) in [7, 11) is 3.07. The number of alkyl halides is 2. The fourth-order valence-electron chi connectivity index (χ4n) is 2.09. The molecule has 7 heteroatoms. The van der Waals surface area contributed by atoms with Crippen molar-refractivity contribution in [2.24, 2.45) is 0 Å². The van der Waals surface area contributed by atoms with Crippen LogP contribution in [-0.4, -0.2) is 26.7 Å². The standard InChI is InChI=1S/C17H17F2NO4/c1-22-13-7-6-12(15(9-13)23-2)10-20-16(21)11-4-3-5-14(8-11)24-17(18)19/h3-9,17H,10H2,1-2H3,(H,20,21). The fraction of sp³-hybridized carbons (Fsp3) is 0.235. The number of benzene rings is 2. The van der Waals surface area contributed by atoms with Crippen LogP contribution in [0.5, 0.6) is 17.2 Å². The maximum atomic E-state index is 12.2. The quantitative estimate of drug-likeness (QED) is 0.843. The second-order valence-corrected chi connectivity index (χ2v) is 4.77. The van der Waals surface area contributed by atoms with E-state index in [4.69, 9.17) is 9.47 Å². The van der Waals surface area contributed by atoms with Crippen LogP contribution in [0.3, 0.4) is 0 Å². The van der Waals surface area contributed by atoms with Gasteiger partial charge in [0.25, 0.3) is 5.91 Å². The average Bonchev–Trinajstić information content (AvgIpc) is 2.59. The summed E-state index contributed by atoms with van der Waals surface area (Å²) in [5.41, 5.74) is 0.979. The molecule has 0 atom stereocenters. The number of amides is 1. The molecule has 24 heavy (non-hydrogen) atoms. The van der Waals surface area contributed by atoms with Gasteiger partial charge in [0, 0.05) is 23.7 Å². The van der Waals surface area contributed by atoms with Crippen molar-refractivity contribution in [2.75, 3.05) is 14.2 Å². The molecule has 2 aromatic rings.